The molecule has 1 aliphatic heterocycles. The molecule has 0 aromatic carbocycles. The highest BCUT2D eigenvalue weighted by Gasteiger charge is 2.43. The van der Waals surface area contributed by atoms with E-state index in [9.17, 15) is 15.0 Å². The van der Waals surface area contributed by atoms with Gasteiger partial charge in [0, 0.05) is 6.61 Å². The Morgan fingerprint density at radius 3 is 2.58 bits per heavy atom. The third-order valence-electron chi connectivity index (χ3n) is 5.57. The van der Waals surface area contributed by atoms with Crippen LogP contribution in [0.25, 0.3) is 0 Å². The molecule has 1 saturated heterocycles. The van der Waals surface area contributed by atoms with E-state index >= 15 is 0 Å². The van der Waals surface area contributed by atoms with Gasteiger partial charge in [0.05, 0.1) is 18.1 Å². The van der Waals surface area contributed by atoms with Crippen LogP contribution in [-0.2, 0) is 9.53 Å². The summed E-state index contributed by atoms with van der Waals surface area (Å²) < 4.78 is 5.97. The lowest BCUT2D eigenvalue weighted by Gasteiger charge is -2.31. The molecular weight excluding hydrogens is 304 g/mol. The largest absolute Gasteiger partial charge is 0.481 e. The molecule has 1 aliphatic carbocycles. The van der Waals surface area contributed by atoms with Gasteiger partial charge >= 0.3 is 5.97 Å². The minimum absolute atomic E-state index is 0.0590. The van der Waals surface area contributed by atoms with Crippen molar-refractivity contribution in [2.75, 3.05) is 6.61 Å². The van der Waals surface area contributed by atoms with Crippen LogP contribution >= 0.6 is 0 Å². The Hall–Kier alpha value is -0.870. The van der Waals surface area contributed by atoms with Crippen molar-refractivity contribution in [3.63, 3.8) is 0 Å². The summed E-state index contributed by atoms with van der Waals surface area (Å²) in [7, 11) is 0. The zero-order chi connectivity index (χ0) is 17.4. The first-order chi connectivity index (χ1) is 11.6. The van der Waals surface area contributed by atoms with Crippen molar-refractivity contribution in [1.82, 2.24) is 0 Å². The lowest BCUT2D eigenvalue weighted by atomic mass is 9.82. The molecule has 0 aromatic heterocycles. The molecule has 24 heavy (non-hydrogen) atoms. The van der Waals surface area contributed by atoms with Crippen LogP contribution < -0.4 is 0 Å². The van der Waals surface area contributed by atoms with Crippen LogP contribution in [0.15, 0.2) is 11.6 Å². The highest BCUT2D eigenvalue weighted by Crippen LogP contribution is 2.41. The molecule has 4 heteroatoms. The molecule has 0 bridgehead atoms. The first-order valence-electron chi connectivity index (χ1n) is 9.87. The Morgan fingerprint density at radius 1 is 1.12 bits per heavy atom. The number of carbonyl (C=O) groups is 1. The first kappa shape index (κ1) is 19.5. The summed E-state index contributed by atoms with van der Waals surface area (Å²) in [5.41, 5.74) is 1.16. The highest BCUT2D eigenvalue weighted by molar-refractivity contribution is 5.72. The van der Waals surface area contributed by atoms with E-state index in [4.69, 9.17) is 4.74 Å². The van der Waals surface area contributed by atoms with Gasteiger partial charge in [-0.25, -0.2) is 0 Å². The average molecular weight is 338 g/mol. The van der Waals surface area contributed by atoms with Gasteiger partial charge in [0.2, 0.25) is 0 Å². The molecule has 1 heterocycles. The van der Waals surface area contributed by atoms with Crippen LogP contribution in [0.1, 0.15) is 77.6 Å². The monoisotopic (exact) mass is 338 g/mol. The van der Waals surface area contributed by atoms with Gasteiger partial charge in [-0.2, -0.15) is 0 Å². The minimum Gasteiger partial charge on any atom is -0.481 e. The number of hydrogen-bond acceptors (Lipinski definition) is 3. The van der Waals surface area contributed by atoms with Gasteiger partial charge in [-0.05, 0) is 56.4 Å². The van der Waals surface area contributed by atoms with E-state index in [2.05, 4.69) is 13.0 Å². The third-order valence-corrected chi connectivity index (χ3v) is 5.57. The second kappa shape index (κ2) is 10.2. The summed E-state index contributed by atoms with van der Waals surface area (Å²) in [6.07, 6.45) is 13.4. The Balaban J connectivity index is 2.03. The minimum atomic E-state index is -0.866. The molecule has 0 spiro atoms. The molecule has 4 nitrogen and oxygen atoms in total. The zero-order valence-corrected chi connectivity index (χ0v) is 15.1. The maximum absolute atomic E-state index is 11.6. The van der Waals surface area contributed by atoms with Crippen LogP contribution in [0.2, 0.25) is 0 Å². The maximum Gasteiger partial charge on any atom is 0.309 e. The van der Waals surface area contributed by atoms with E-state index in [1.54, 1.807) is 0 Å². The number of allylic oxidation sites excluding steroid dienone is 1. The summed E-state index contributed by atoms with van der Waals surface area (Å²) in [5.74, 6) is -1.59. The summed E-state index contributed by atoms with van der Waals surface area (Å²) >= 11 is 0. The molecule has 1 saturated carbocycles. The topological polar surface area (TPSA) is 66.8 Å². The number of aliphatic hydroxyl groups is 1. The molecule has 4 unspecified atom stereocenters. The molecule has 0 aromatic rings. The van der Waals surface area contributed by atoms with Crippen molar-refractivity contribution in [2.45, 2.75) is 89.8 Å². The number of aliphatic carboxylic acids is 1. The number of ether oxygens (including phenoxy) is 1. The fourth-order valence-corrected chi connectivity index (χ4v) is 4.23. The zero-order valence-electron chi connectivity index (χ0n) is 15.1. The predicted octanol–water partition coefficient (Wildman–Crippen LogP) is 4.31. The van der Waals surface area contributed by atoms with Crippen molar-refractivity contribution in [3.05, 3.63) is 11.6 Å². The van der Waals surface area contributed by atoms with Crippen LogP contribution in [0.5, 0.6) is 0 Å². The smallest absolute Gasteiger partial charge is 0.309 e. The molecule has 2 N–H and O–H groups in total. The van der Waals surface area contributed by atoms with Crippen LogP contribution in [0.4, 0.5) is 0 Å². The first-order valence-corrected chi connectivity index (χ1v) is 9.87. The lowest BCUT2D eigenvalue weighted by Crippen LogP contribution is -2.33. The van der Waals surface area contributed by atoms with E-state index in [0.717, 1.165) is 50.7 Å². The Bertz CT molecular complexity index is 412. The van der Waals surface area contributed by atoms with Gasteiger partial charge < -0.3 is 14.9 Å². The van der Waals surface area contributed by atoms with E-state index < -0.39 is 18.0 Å². The summed E-state index contributed by atoms with van der Waals surface area (Å²) in [4.78, 5) is 11.6. The van der Waals surface area contributed by atoms with E-state index in [1.165, 1.54) is 25.7 Å². The van der Waals surface area contributed by atoms with E-state index in [0.29, 0.717) is 6.42 Å². The van der Waals surface area contributed by atoms with Gasteiger partial charge in [-0.3, -0.25) is 4.79 Å². The molecule has 0 radical (unpaired) electrons. The molecule has 2 rings (SSSR count). The fourth-order valence-electron chi connectivity index (χ4n) is 4.23. The van der Waals surface area contributed by atoms with Gasteiger partial charge in [0.15, 0.2) is 0 Å². The predicted molar refractivity (Wildman–Crippen MR) is 94.9 cm³/mol. The second-order valence-corrected chi connectivity index (χ2v) is 7.38. The van der Waals surface area contributed by atoms with Crippen molar-refractivity contribution in [1.29, 1.82) is 0 Å². The quantitative estimate of drug-likeness (QED) is 0.485. The van der Waals surface area contributed by atoms with Crippen LogP contribution in [-0.4, -0.2) is 35.0 Å². The van der Waals surface area contributed by atoms with E-state index in [-0.39, 0.29) is 12.0 Å². The van der Waals surface area contributed by atoms with Crippen LogP contribution in [0.3, 0.4) is 0 Å². The van der Waals surface area contributed by atoms with Crippen molar-refractivity contribution < 1.29 is 19.7 Å². The number of carboxylic acids is 1. The highest BCUT2D eigenvalue weighted by atomic mass is 16.5. The van der Waals surface area contributed by atoms with Gasteiger partial charge in [-0.1, -0.05) is 38.7 Å². The maximum atomic E-state index is 11.6. The number of unbranched alkanes of at least 4 members (excludes halogenated alkanes) is 5. The molecule has 4 atom stereocenters. The SMILES string of the molecule is CCCCCCCC=C(C1CCCCO1)C1CCC(O)C1C(=O)O. The molecule has 138 valence electrons. The Morgan fingerprint density at radius 2 is 1.92 bits per heavy atom. The number of aliphatic hydroxyl groups excluding tert-OH is 1. The molecular formula is C20H34O4. The van der Waals surface area contributed by atoms with Crippen molar-refractivity contribution in [2.24, 2.45) is 11.8 Å². The van der Waals surface area contributed by atoms with Crippen molar-refractivity contribution in [3.8, 4) is 0 Å². The van der Waals surface area contributed by atoms with Gasteiger partial charge in [-0.15, -0.1) is 0 Å². The molecule has 0 amide bonds. The lowest BCUT2D eigenvalue weighted by molar-refractivity contribution is -0.146. The summed E-state index contributed by atoms with van der Waals surface area (Å²) in [6.45, 7) is 2.99. The summed E-state index contributed by atoms with van der Waals surface area (Å²) in [6, 6.07) is 0. The van der Waals surface area contributed by atoms with E-state index in [1.807, 2.05) is 0 Å². The standard InChI is InChI=1S/C20H34O4/c1-2-3-4-5-6-7-10-15(18-11-8-9-14-24-18)16-12-13-17(21)19(16)20(22)23/h10,16-19,21H,2-9,11-14H2,1H3,(H,22,23). The van der Waals surface area contributed by atoms with Gasteiger partial charge in [0.1, 0.15) is 0 Å². The van der Waals surface area contributed by atoms with Gasteiger partial charge in [0.25, 0.3) is 0 Å². The summed E-state index contributed by atoms with van der Waals surface area (Å²) in [5, 5.41) is 19.6. The number of rotatable bonds is 9. The Kier molecular flexibility index (Phi) is 8.26. The Labute approximate surface area is 146 Å². The molecule has 2 aliphatic rings. The van der Waals surface area contributed by atoms with Crippen molar-refractivity contribution >= 4 is 5.97 Å². The fraction of sp³-hybridized carbons (Fsp3) is 0.850. The number of hydrogen-bond donors (Lipinski definition) is 2. The second-order valence-electron chi connectivity index (χ2n) is 7.38. The van der Waals surface area contributed by atoms with Crippen LogP contribution in [0, 0.1) is 11.8 Å². The average Bonchev–Trinajstić information content (AvgIpc) is 2.96. The normalized spacial score (nSPS) is 31.3. The number of carboxylic acid groups (broad SMARTS) is 1. The molecule has 2 fully saturated rings. The third kappa shape index (κ3) is 5.32.